The first-order chi connectivity index (χ1) is 31.2. The highest BCUT2D eigenvalue weighted by Gasteiger charge is 2.19. The number of fused-ring (bicyclic) bond motifs is 6. The number of furan rings is 1. The predicted molar refractivity (Wildman–Crippen MR) is 264 cm³/mol. The molecule has 2 aromatic heterocycles. The largest absolute Gasteiger partial charge is 0.455 e. The van der Waals surface area contributed by atoms with Crippen LogP contribution in [-0.4, -0.2) is 4.57 Å². The van der Waals surface area contributed by atoms with Gasteiger partial charge in [0.05, 0.1) is 11.0 Å². The van der Waals surface area contributed by atoms with Crippen molar-refractivity contribution in [2.45, 2.75) is 0 Å². The highest BCUT2D eigenvalue weighted by atomic mass is 16.3. The Morgan fingerprint density at radius 3 is 1.46 bits per heavy atom. The first-order valence-electron chi connectivity index (χ1n) is 21.5. The van der Waals surface area contributed by atoms with E-state index in [1.54, 1.807) is 0 Å². The summed E-state index contributed by atoms with van der Waals surface area (Å²) in [7, 11) is 0. The zero-order valence-corrected chi connectivity index (χ0v) is 34.4. The summed E-state index contributed by atoms with van der Waals surface area (Å²) in [4.78, 5) is 2.37. The fraction of sp³-hybridized carbons (Fsp3) is 0. The zero-order valence-electron chi connectivity index (χ0n) is 34.4. The van der Waals surface area contributed by atoms with Crippen LogP contribution >= 0.6 is 0 Å². The van der Waals surface area contributed by atoms with Crippen LogP contribution in [0.2, 0.25) is 0 Å². The van der Waals surface area contributed by atoms with E-state index in [2.05, 4.69) is 246 Å². The third kappa shape index (κ3) is 6.46. The Balaban J connectivity index is 0.946. The van der Waals surface area contributed by atoms with E-state index in [-0.39, 0.29) is 0 Å². The third-order valence-electron chi connectivity index (χ3n) is 12.4. The molecule has 0 radical (unpaired) electrons. The summed E-state index contributed by atoms with van der Waals surface area (Å²) in [6, 6.07) is 87.0. The summed E-state index contributed by atoms with van der Waals surface area (Å²) in [6.07, 6.45) is 0. The van der Waals surface area contributed by atoms with Gasteiger partial charge in [0.15, 0.2) is 0 Å². The number of hydrogen-bond donors (Lipinski definition) is 0. The lowest BCUT2D eigenvalue weighted by Crippen LogP contribution is -2.10. The van der Waals surface area contributed by atoms with Gasteiger partial charge in [0.1, 0.15) is 11.2 Å². The molecule has 3 nitrogen and oxygen atoms in total. The Morgan fingerprint density at radius 2 is 0.794 bits per heavy atom. The molecule has 296 valence electrons. The van der Waals surface area contributed by atoms with Gasteiger partial charge in [-0.15, -0.1) is 0 Å². The standard InChI is InChI=1S/C60H40N2O/c1-4-13-41(14-5-1)42-23-25-43(26-24-42)44-27-32-49(33-28-44)61(51-36-37-58-55(40-51)53-19-10-11-22-57(53)62(58)48-17-8-3-9-18-48)50-34-29-45(30-35-50)47-31-38-59-56(39-47)54-21-12-20-52(60(54)63-59)46-15-6-2-7-16-46/h1-40H. The average molecular weight is 805 g/mol. The summed E-state index contributed by atoms with van der Waals surface area (Å²) in [5.74, 6) is 0. The lowest BCUT2D eigenvalue weighted by Gasteiger charge is -2.26. The number of anilines is 3. The number of rotatable bonds is 8. The molecule has 3 heteroatoms. The lowest BCUT2D eigenvalue weighted by molar-refractivity contribution is 0.670. The fourth-order valence-corrected chi connectivity index (χ4v) is 9.32. The van der Waals surface area contributed by atoms with Crippen LogP contribution < -0.4 is 4.90 Å². The van der Waals surface area contributed by atoms with E-state index in [0.717, 1.165) is 66.9 Å². The molecule has 0 spiro atoms. The summed E-state index contributed by atoms with van der Waals surface area (Å²) < 4.78 is 8.88. The Kier molecular flexibility index (Phi) is 8.83. The molecule has 63 heavy (non-hydrogen) atoms. The van der Waals surface area contributed by atoms with Gasteiger partial charge in [0, 0.05) is 49.9 Å². The SMILES string of the molecule is c1ccc(-c2ccc(-c3ccc(N(c4ccc(-c5ccc6oc7c(-c8ccccc8)cccc7c6c5)cc4)c4ccc5c(c4)c4ccccc4n5-c4ccccc4)cc3)cc2)cc1. The van der Waals surface area contributed by atoms with Gasteiger partial charge < -0.3 is 13.9 Å². The van der Waals surface area contributed by atoms with Crippen molar-refractivity contribution in [1.29, 1.82) is 0 Å². The maximum Gasteiger partial charge on any atom is 0.143 e. The lowest BCUT2D eigenvalue weighted by atomic mass is 9.99. The van der Waals surface area contributed by atoms with Crippen molar-refractivity contribution < 1.29 is 4.42 Å². The van der Waals surface area contributed by atoms with Crippen LogP contribution in [0.15, 0.2) is 247 Å². The molecule has 0 fully saturated rings. The van der Waals surface area contributed by atoms with Crippen LogP contribution in [0.25, 0.3) is 93.9 Å². The Hall–Kier alpha value is -8.40. The van der Waals surface area contributed by atoms with Gasteiger partial charge >= 0.3 is 0 Å². The highest BCUT2D eigenvalue weighted by molar-refractivity contribution is 6.12. The van der Waals surface area contributed by atoms with Crippen LogP contribution in [0, 0.1) is 0 Å². The highest BCUT2D eigenvalue weighted by Crippen LogP contribution is 2.42. The quantitative estimate of drug-likeness (QED) is 0.153. The second-order valence-corrected chi connectivity index (χ2v) is 16.1. The smallest absolute Gasteiger partial charge is 0.143 e. The van der Waals surface area contributed by atoms with Crippen molar-refractivity contribution in [3.8, 4) is 50.2 Å². The van der Waals surface area contributed by atoms with Gasteiger partial charge in [-0.2, -0.15) is 0 Å². The van der Waals surface area contributed by atoms with Crippen LogP contribution in [0.3, 0.4) is 0 Å². The second-order valence-electron chi connectivity index (χ2n) is 16.1. The predicted octanol–water partition coefficient (Wildman–Crippen LogP) is 16.8. The molecule has 0 aliphatic heterocycles. The van der Waals surface area contributed by atoms with Gasteiger partial charge in [0.25, 0.3) is 0 Å². The Labute approximate surface area is 366 Å². The van der Waals surface area contributed by atoms with E-state index < -0.39 is 0 Å². The van der Waals surface area contributed by atoms with Crippen molar-refractivity contribution in [3.05, 3.63) is 243 Å². The number of benzene rings is 10. The molecule has 0 atom stereocenters. The van der Waals surface area contributed by atoms with E-state index in [0.29, 0.717) is 0 Å². The molecule has 0 unspecified atom stereocenters. The van der Waals surface area contributed by atoms with Crippen molar-refractivity contribution in [3.63, 3.8) is 0 Å². The normalized spacial score (nSPS) is 11.5. The topological polar surface area (TPSA) is 21.3 Å². The molecular weight excluding hydrogens is 765 g/mol. The van der Waals surface area contributed by atoms with Crippen molar-refractivity contribution in [1.82, 2.24) is 4.57 Å². The molecular formula is C60H40N2O. The molecule has 0 saturated heterocycles. The average Bonchev–Trinajstić information content (AvgIpc) is 3.91. The van der Waals surface area contributed by atoms with Crippen LogP contribution in [-0.2, 0) is 0 Å². The summed E-state index contributed by atoms with van der Waals surface area (Å²) >= 11 is 0. The van der Waals surface area contributed by atoms with E-state index >= 15 is 0 Å². The minimum Gasteiger partial charge on any atom is -0.455 e. The van der Waals surface area contributed by atoms with Gasteiger partial charge in [-0.25, -0.2) is 0 Å². The number of nitrogens with zero attached hydrogens (tertiary/aromatic N) is 2. The summed E-state index contributed by atoms with van der Waals surface area (Å²) in [6.45, 7) is 0. The fourth-order valence-electron chi connectivity index (χ4n) is 9.32. The van der Waals surface area contributed by atoms with E-state index in [9.17, 15) is 0 Å². The monoisotopic (exact) mass is 804 g/mol. The molecule has 0 saturated carbocycles. The van der Waals surface area contributed by atoms with Crippen molar-refractivity contribution >= 4 is 60.8 Å². The zero-order chi connectivity index (χ0) is 41.7. The van der Waals surface area contributed by atoms with Crippen LogP contribution in [0.1, 0.15) is 0 Å². The number of para-hydroxylation sites is 3. The molecule has 0 amide bonds. The second kappa shape index (κ2) is 15.3. The van der Waals surface area contributed by atoms with E-state index in [1.807, 2.05) is 6.07 Å². The maximum atomic E-state index is 6.51. The van der Waals surface area contributed by atoms with E-state index in [1.165, 1.54) is 44.1 Å². The molecule has 0 bridgehead atoms. The first-order valence-corrected chi connectivity index (χ1v) is 21.5. The van der Waals surface area contributed by atoms with Gasteiger partial charge in [-0.3, -0.25) is 0 Å². The molecule has 2 heterocycles. The van der Waals surface area contributed by atoms with Crippen molar-refractivity contribution in [2.75, 3.05) is 4.90 Å². The van der Waals surface area contributed by atoms with Crippen LogP contribution in [0.5, 0.6) is 0 Å². The van der Waals surface area contributed by atoms with Gasteiger partial charge in [-0.05, 0) is 112 Å². The Bertz CT molecular complexity index is 3570. The third-order valence-corrected chi connectivity index (χ3v) is 12.4. The van der Waals surface area contributed by atoms with E-state index in [4.69, 9.17) is 4.42 Å². The molecule has 0 N–H and O–H groups in total. The molecule has 0 aliphatic rings. The molecule has 0 aliphatic carbocycles. The number of aromatic nitrogens is 1. The van der Waals surface area contributed by atoms with Crippen LogP contribution in [0.4, 0.5) is 17.1 Å². The molecule has 10 aromatic carbocycles. The maximum absolute atomic E-state index is 6.51. The molecule has 12 aromatic rings. The Morgan fingerprint density at radius 1 is 0.302 bits per heavy atom. The van der Waals surface area contributed by atoms with Gasteiger partial charge in [0.2, 0.25) is 0 Å². The van der Waals surface area contributed by atoms with Gasteiger partial charge in [-0.1, -0.05) is 170 Å². The summed E-state index contributed by atoms with van der Waals surface area (Å²) in [5, 5.41) is 4.67. The number of hydrogen-bond acceptors (Lipinski definition) is 2. The van der Waals surface area contributed by atoms with Crippen molar-refractivity contribution in [2.24, 2.45) is 0 Å². The molecule has 12 rings (SSSR count). The summed E-state index contributed by atoms with van der Waals surface area (Å²) in [5.41, 5.74) is 17.9. The minimum atomic E-state index is 0.888. The first kappa shape index (κ1) is 36.5. The minimum absolute atomic E-state index is 0.888.